The summed E-state index contributed by atoms with van der Waals surface area (Å²) in [6, 6.07) is 1.28. The highest BCUT2D eigenvalue weighted by Gasteiger charge is 2.22. The average Bonchev–Trinajstić information content (AvgIpc) is 2.41. The number of carbonyl (C=O) groups is 1. The van der Waals surface area contributed by atoms with E-state index in [1.807, 2.05) is 6.92 Å². The smallest absolute Gasteiger partial charge is 0.338 e. The Bertz CT molecular complexity index is 459. The van der Waals surface area contributed by atoms with Gasteiger partial charge in [0, 0.05) is 12.2 Å². The third-order valence-electron chi connectivity index (χ3n) is 3.84. The Morgan fingerprint density at radius 3 is 2.79 bits per heavy atom. The van der Waals surface area contributed by atoms with Crippen LogP contribution in [-0.4, -0.2) is 22.1 Å². The number of nitrogens with zero attached hydrogens (tertiary/aromatic N) is 1. The lowest BCUT2D eigenvalue weighted by Gasteiger charge is -2.28. The summed E-state index contributed by atoms with van der Waals surface area (Å²) in [7, 11) is 0. The molecule has 2 rings (SSSR count). The zero-order valence-electron chi connectivity index (χ0n) is 11.0. The lowest BCUT2D eigenvalue weighted by Crippen LogP contribution is -2.28. The molecule has 5 heteroatoms. The molecule has 1 fully saturated rings. The first kappa shape index (κ1) is 13.8. The number of aromatic carboxylic acids is 1. The molecular formula is C14H19FN2O2. The molecule has 4 nitrogen and oxygen atoms in total. The van der Waals surface area contributed by atoms with Gasteiger partial charge in [0.1, 0.15) is 5.56 Å². The van der Waals surface area contributed by atoms with E-state index in [4.69, 9.17) is 5.11 Å². The molecule has 0 radical (unpaired) electrons. The van der Waals surface area contributed by atoms with E-state index in [0.717, 1.165) is 12.8 Å². The summed E-state index contributed by atoms with van der Waals surface area (Å²) in [6.45, 7) is 2.00. The molecule has 1 aromatic rings. The minimum atomic E-state index is -1.27. The van der Waals surface area contributed by atoms with Crippen molar-refractivity contribution in [3.63, 3.8) is 0 Å². The molecule has 19 heavy (non-hydrogen) atoms. The molecule has 104 valence electrons. The first-order chi connectivity index (χ1) is 9.09. The number of hydrogen-bond donors (Lipinski definition) is 2. The Kier molecular flexibility index (Phi) is 4.35. The molecule has 0 aromatic carbocycles. The first-order valence-electron chi connectivity index (χ1n) is 6.74. The normalized spacial score (nSPS) is 18.0. The number of nitrogens with one attached hydrogen (secondary N) is 1. The summed E-state index contributed by atoms with van der Waals surface area (Å²) in [5.74, 6) is -1.51. The third kappa shape index (κ3) is 3.22. The lowest BCUT2D eigenvalue weighted by molar-refractivity contribution is 0.0692. The molecule has 2 N–H and O–H groups in total. The van der Waals surface area contributed by atoms with E-state index in [1.165, 1.54) is 31.5 Å². The van der Waals surface area contributed by atoms with Crippen molar-refractivity contribution in [3.05, 3.63) is 23.6 Å². The van der Waals surface area contributed by atoms with Gasteiger partial charge in [-0.1, -0.05) is 19.3 Å². The average molecular weight is 266 g/mol. The Morgan fingerprint density at radius 1 is 1.47 bits per heavy atom. The van der Waals surface area contributed by atoms with Gasteiger partial charge in [-0.2, -0.15) is 0 Å². The highest BCUT2D eigenvalue weighted by molar-refractivity contribution is 5.88. The van der Waals surface area contributed by atoms with E-state index in [1.54, 1.807) is 0 Å². The van der Waals surface area contributed by atoms with Crippen molar-refractivity contribution in [3.8, 4) is 0 Å². The fourth-order valence-corrected chi connectivity index (χ4v) is 2.68. The number of anilines is 1. The molecule has 1 heterocycles. The Hall–Kier alpha value is -1.65. The van der Waals surface area contributed by atoms with E-state index < -0.39 is 11.8 Å². The highest BCUT2D eigenvalue weighted by atomic mass is 19.1. The third-order valence-corrected chi connectivity index (χ3v) is 3.84. The van der Waals surface area contributed by atoms with Gasteiger partial charge in [0.15, 0.2) is 11.6 Å². The second-order valence-electron chi connectivity index (χ2n) is 5.16. The predicted molar refractivity (Wildman–Crippen MR) is 70.8 cm³/mol. The highest BCUT2D eigenvalue weighted by Crippen LogP contribution is 2.28. The number of hydrogen-bond acceptors (Lipinski definition) is 3. The van der Waals surface area contributed by atoms with Crippen LogP contribution in [0.25, 0.3) is 0 Å². The second-order valence-corrected chi connectivity index (χ2v) is 5.16. The summed E-state index contributed by atoms with van der Waals surface area (Å²) < 4.78 is 13.9. The van der Waals surface area contributed by atoms with Gasteiger partial charge in [0.2, 0.25) is 0 Å². The van der Waals surface area contributed by atoms with Crippen LogP contribution in [0.1, 0.15) is 49.4 Å². The van der Waals surface area contributed by atoms with Crippen molar-refractivity contribution in [1.29, 1.82) is 0 Å². The van der Waals surface area contributed by atoms with Crippen LogP contribution >= 0.6 is 0 Å². The van der Waals surface area contributed by atoms with Gasteiger partial charge in [-0.15, -0.1) is 0 Å². The van der Waals surface area contributed by atoms with Crippen LogP contribution in [0.5, 0.6) is 0 Å². The minimum absolute atomic E-state index is 0.0398. The van der Waals surface area contributed by atoms with Crippen LogP contribution in [0.15, 0.2) is 12.3 Å². The Morgan fingerprint density at radius 2 is 2.16 bits per heavy atom. The summed E-state index contributed by atoms with van der Waals surface area (Å²) >= 11 is 0. The molecule has 0 spiro atoms. The largest absolute Gasteiger partial charge is 0.478 e. The molecular weight excluding hydrogens is 247 g/mol. The molecule has 0 aliphatic heterocycles. The Balaban J connectivity index is 2.10. The summed E-state index contributed by atoms with van der Waals surface area (Å²) in [6.07, 6.45) is 7.28. The minimum Gasteiger partial charge on any atom is -0.478 e. The van der Waals surface area contributed by atoms with E-state index in [-0.39, 0.29) is 17.4 Å². The number of pyridine rings is 1. The quantitative estimate of drug-likeness (QED) is 0.877. The standard InChI is InChI=1S/C14H19FN2O2/c1-9(10-5-3-2-4-6-10)17-13-12(15)11(14(18)19)7-8-16-13/h7-10H,2-6H2,1H3,(H,16,17)(H,18,19). The fourth-order valence-electron chi connectivity index (χ4n) is 2.68. The number of carboxylic acid groups (broad SMARTS) is 1. The van der Waals surface area contributed by atoms with Gasteiger partial charge in [-0.3, -0.25) is 0 Å². The molecule has 0 amide bonds. The van der Waals surface area contributed by atoms with Crippen LogP contribution in [0.2, 0.25) is 0 Å². The molecule has 1 aliphatic carbocycles. The first-order valence-corrected chi connectivity index (χ1v) is 6.74. The van der Waals surface area contributed by atoms with Crippen molar-refractivity contribution in [2.24, 2.45) is 5.92 Å². The summed E-state index contributed by atoms with van der Waals surface area (Å²) in [5, 5.41) is 11.9. The van der Waals surface area contributed by atoms with Crippen LogP contribution in [-0.2, 0) is 0 Å². The predicted octanol–water partition coefficient (Wildman–Crippen LogP) is 3.30. The van der Waals surface area contributed by atoms with Crippen LogP contribution in [0, 0.1) is 11.7 Å². The number of halogens is 1. The van der Waals surface area contributed by atoms with Crippen molar-refractivity contribution in [2.45, 2.75) is 45.1 Å². The van der Waals surface area contributed by atoms with E-state index >= 15 is 0 Å². The monoisotopic (exact) mass is 266 g/mol. The Labute approximate surface area is 112 Å². The lowest BCUT2D eigenvalue weighted by atomic mass is 9.84. The maximum absolute atomic E-state index is 13.9. The van der Waals surface area contributed by atoms with E-state index in [0.29, 0.717) is 5.92 Å². The molecule has 1 saturated carbocycles. The molecule has 1 aliphatic rings. The SMILES string of the molecule is CC(Nc1nccc(C(=O)O)c1F)C1CCCCC1. The summed E-state index contributed by atoms with van der Waals surface area (Å²) in [4.78, 5) is 14.8. The number of aromatic nitrogens is 1. The summed E-state index contributed by atoms with van der Waals surface area (Å²) in [5.41, 5.74) is -0.339. The second kappa shape index (κ2) is 5.99. The van der Waals surface area contributed by atoms with Gasteiger partial charge in [0.05, 0.1) is 0 Å². The molecule has 0 saturated heterocycles. The fraction of sp³-hybridized carbons (Fsp3) is 0.571. The number of carboxylic acids is 1. The number of rotatable bonds is 4. The van der Waals surface area contributed by atoms with Gasteiger partial charge in [-0.05, 0) is 31.7 Å². The van der Waals surface area contributed by atoms with Gasteiger partial charge in [-0.25, -0.2) is 14.2 Å². The maximum atomic E-state index is 13.9. The zero-order chi connectivity index (χ0) is 13.8. The van der Waals surface area contributed by atoms with Crippen molar-refractivity contribution in [1.82, 2.24) is 4.98 Å². The van der Waals surface area contributed by atoms with E-state index in [9.17, 15) is 9.18 Å². The molecule has 1 unspecified atom stereocenters. The van der Waals surface area contributed by atoms with Gasteiger partial charge < -0.3 is 10.4 Å². The molecule has 0 bridgehead atoms. The topological polar surface area (TPSA) is 62.2 Å². The van der Waals surface area contributed by atoms with Crippen LogP contribution in [0.3, 0.4) is 0 Å². The van der Waals surface area contributed by atoms with Gasteiger partial charge in [0.25, 0.3) is 0 Å². The van der Waals surface area contributed by atoms with Crippen molar-refractivity contribution in [2.75, 3.05) is 5.32 Å². The van der Waals surface area contributed by atoms with Crippen molar-refractivity contribution < 1.29 is 14.3 Å². The maximum Gasteiger partial charge on any atom is 0.338 e. The molecule has 1 aromatic heterocycles. The zero-order valence-corrected chi connectivity index (χ0v) is 11.0. The van der Waals surface area contributed by atoms with Crippen LogP contribution < -0.4 is 5.32 Å². The molecule has 1 atom stereocenters. The van der Waals surface area contributed by atoms with Crippen molar-refractivity contribution >= 4 is 11.8 Å². The van der Waals surface area contributed by atoms with Gasteiger partial charge >= 0.3 is 5.97 Å². The van der Waals surface area contributed by atoms with Crippen LogP contribution in [0.4, 0.5) is 10.2 Å². The van der Waals surface area contributed by atoms with E-state index in [2.05, 4.69) is 10.3 Å².